The molecule has 2 aromatic heterocycles. The summed E-state index contributed by atoms with van der Waals surface area (Å²) in [6.45, 7) is 2.80. The Bertz CT molecular complexity index is 737. The molecule has 0 atom stereocenters. The average Bonchev–Trinajstić information content (AvgIpc) is 2.84. The van der Waals surface area contributed by atoms with Gasteiger partial charge in [0.2, 0.25) is 0 Å². The van der Waals surface area contributed by atoms with E-state index >= 15 is 0 Å². The van der Waals surface area contributed by atoms with Crippen molar-refractivity contribution in [2.45, 2.75) is 13.3 Å². The van der Waals surface area contributed by atoms with Crippen molar-refractivity contribution in [2.75, 3.05) is 17.6 Å². The number of thiazole rings is 1. The largest absolute Gasteiger partial charge is 0.399 e. The third kappa shape index (κ3) is 2.70. The second kappa shape index (κ2) is 5.42. The number of nitrogen functional groups attached to an aromatic ring is 1. The fourth-order valence-corrected chi connectivity index (χ4v) is 2.80. The summed E-state index contributed by atoms with van der Waals surface area (Å²) in [6, 6.07) is 5.66. The van der Waals surface area contributed by atoms with Crippen molar-refractivity contribution in [3.63, 3.8) is 0 Å². The topological polar surface area (TPSA) is 76.7 Å². The molecule has 0 bridgehead atoms. The average molecular weight is 285 g/mol. The molecule has 102 valence electrons. The third-order valence-electron chi connectivity index (χ3n) is 2.96. The normalized spacial score (nSPS) is 10.8. The number of anilines is 2. The van der Waals surface area contributed by atoms with Crippen LogP contribution in [0.15, 0.2) is 29.9 Å². The maximum Gasteiger partial charge on any atom is 0.137 e. The minimum Gasteiger partial charge on any atom is -0.399 e. The molecule has 0 aliphatic rings. The van der Waals surface area contributed by atoms with Crippen molar-refractivity contribution in [1.82, 2.24) is 15.0 Å². The standard InChI is InChI=1S/C14H15N5S/c1-9-7-20-13(19-9)4-5-16-14-11-3-2-10(15)6-12(11)17-8-18-14/h2-3,6-8H,4-5,15H2,1H3,(H,16,17,18). The van der Waals surface area contributed by atoms with Crippen molar-refractivity contribution in [2.24, 2.45) is 0 Å². The monoisotopic (exact) mass is 285 g/mol. The Hall–Kier alpha value is -2.21. The zero-order chi connectivity index (χ0) is 13.9. The zero-order valence-corrected chi connectivity index (χ0v) is 11.9. The Morgan fingerprint density at radius 1 is 1.30 bits per heavy atom. The van der Waals surface area contributed by atoms with Crippen LogP contribution in [-0.2, 0) is 6.42 Å². The summed E-state index contributed by atoms with van der Waals surface area (Å²) in [6.07, 6.45) is 2.44. The lowest BCUT2D eigenvalue weighted by Gasteiger charge is -2.07. The van der Waals surface area contributed by atoms with Crippen LogP contribution in [-0.4, -0.2) is 21.5 Å². The van der Waals surface area contributed by atoms with Gasteiger partial charge in [0.15, 0.2) is 0 Å². The van der Waals surface area contributed by atoms with Gasteiger partial charge in [0.1, 0.15) is 12.1 Å². The van der Waals surface area contributed by atoms with E-state index in [0.717, 1.165) is 40.4 Å². The highest BCUT2D eigenvalue weighted by Gasteiger charge is 2.04. The fraction of sp³-hybridized carbons (Fsp3) is 0.214. The molecule has 0 amide bonds. The number of benzene rings is 1. The van der Waals surface area contributed by atoms with Gasteiger partial charge in [-0.15, -0.1) is 11.3 Å². The molecule has 0 spiro atoms. The van der Waals surface area contributed by atoms with E-state index in [2.05, 4.69) is 25.6 Å². The molecular weight excluding hydrogens is 270 g/mol. The van der Waals surface area contributed by atoms with E-state index in [1.807, 2.05) is 25.1 Å². The predicted molar refractivity (Wildman–Crippen MR) is 83.0 cm³/mol. The molecule has 0 saturated carbocycles. The van der Waals surface area contributed by atoms with Crippen LogP contribution in [0, 0.1) is 6.92 Å². The summed E-state index contributed by atoms with van der Waals surface area (Å²) in [5, 5.41) is 7.53. The number of nitrogens with one attached hydrogen (secondary N) is 1. The molecule has 6 heteroatoms. The Labute approximate surface area is 120 Å². The van der Waals surface area contributed by atoms with E-state index in [9.17, 15) is 0 Å². The summed E-state index contributed by atoms with van der Waals surface area (Å²) in [5.41, 5.74) is 8.40. The van der Waals surface area contributed by atoms with Crippen molar-refractivity contribution < 1.29 is 0 Å². The number of fused-ring (bicyclic) bond motifs is 1. The predicted octanol–water partition coefficient (Wildman–Crippen LogP) is 2.63. The second-order valence-electron chi connectivity index (χ2n) is 4.56. The van der Waals surface area contributed by atoms with Gasteiger partial charge in [0.25, 0.3) is 0 Å². The van der Waals surface area contributed by atoms with Gasteiger partial charge in [-0.3, -0.25) is 0 Å². The Morgan fingerprint density at radius 2 is 2.20 bits per heavy atom. The molecule has 3 rings (SSSR count). The van der Waals surface area contributed by atoms with Crippen molar-refractivity contribution in [3.8, 4) is 0 Å². The molecule has 20 heavy (non-hydrogen) atoms. The molecule has 3 aromatic rings. The number of aromatic nitrogens is 3. The second-order valence-corrected chi connectivity index (χ2v) is 5.50. The van der Waals surface area contributed by atoms with Crippen LogP contribution < -0.4 is 11.1 Å². The van der Waals surface area contributed by atoms with Crippen molar-refractivity contribution >= 4 is 33.7 Å². The summed E-state index contributed by atoms with van der Waals surface area (Å²) >= 11 is 1.69. The first-order valence-electron chi connectivity index (χ1n) is 6.37. The Kier molecular flexibility index (Phi) is 3.47. The number of hydrogen-bond donors (Lipinski definition) is 2. The van der Waals surface area contributed by atoms with Crippen LogP contribution in [0.25, 0.3) is 10.9 Å². The van der Waals surface area contributed by atoms with Crippen LogP contribution in [0.2, 0.25) is 0 Å². The summed E-state index contributed by atoms with van der Waals surface area (Å²) in [4.78, 5) is 13.0. The highest BCUT2D eigenvalue weighted by atomic mass is 32.1. The molecule has 3 N–H and O–H groups in total. The van der Waals surface area contributed by atoms with E-state index in [-0.39, 0.29) is 0 Å². The Balaban J connectivity index is 1.74. The number of nitrogens with two attached hydrogens (primary N) is 1. The van der Waals surface area contributed by atoms with Crippen LogP contribution >= 0.6 is 11.3 Å². The van der Waals surface area contributed by atoms with Gasteiger partial charge in [-0.25, -0.2) is 15.0 Å². The molecule has 0 unspecified atom stereocenters. The molecule has 2 heterocycles. The van der Waals surface area contributed by atoms with E-state index in [1.54, 1.807) is 17.7 Å². The quantitative estimate of drug-likeness (QED) is 0.721. The number of nitrogens with zero attached hydrogens (tertiary/aromatic N) is 3. The zero-order valence-electron chi connectivity index (χ0n) is 11.1. The number of aryl methyl sites for hydroxylation is 1. The van der Waals surface area contributed by atoms with Gasteiger partial charge in [0, 0.05) is 35.1 Å². The van der Waals surface area contributed by atoms with Crippen LogP contribution in [0.4, 0.5) is 11.5 Å². The highest BCUT2D eigenvalue weighted by molar-refractivity contribution is 7.09. The first-order chi connectivity index (χ1) is 9.72. The van der Waals surface area contributed by atoms with Gasteiger partial charge in [-0.1, -0.05) is 0 Å². The first-order valence-corrected chi connectivity index (χ1v) is 7.25. The van der Waals surface area contributed by atoms with Gasteiger partial charge in [-0.2, -0.15) is 0 Å². The lowest BCUT2D eigenvalue weighted by Crippen LogP contribution is -2.07. The molecule has 5 nitrogen and oxygen atoms in total. The molecule has 0 fully saturated rings. The first kappa shape index (κ1) is 12.8. The van der Waals surface area contributed by atoms with Crippen molar-refractivity contribution in [3.05, 3.63) is 40.6 Å². The van der Waals surface area contributed by atoms with Gasteiger partial charge >= 0.3 is 0 Å². The maximum atomic E-state index is 5.76. The van der Waals surface area contributed by atoms with Gasteiger partial charge in [-0.05, 0) is 25.1 Å². The van der Waals surface area contributed by atoms with Crippen LogP contribution in [0.1, 0.15) is 10.7 Å². The third-order valence-corrected chi connectivity index (χ3v) is 3.98. The minimum absolute atomic E-state index is 0.709. The Morgan fingerprint density at radius 3 is 3.00 bits per heavy atom. The minimum atomic E-state index is 0.709. The van der Waals surface area contributed by atoms with Crippen LogP contribution in [0.5, 0.6) is 0 Å². The molecule has 0 saturated heterocycles. The van der Waals surface area contributed by atoms with Crippen LogP contribution in [0.3, 0.4) is 0 Å². The van der Waals surface area contributed by atoms with E-state index < -0.39 is 0 Å². The summed E-state index contributed by atoms with van der Waals surface area (Å²) in [5.74, 6) is 0.836. The summed E-state index contributed by atoms with van der Waals surface area (Å²) in [7, 11) is 0. The lowest BCUT2D eigenvalue weighted by atomic mass is 10.2. The molecule has 0 aliphatic heterocycles. The van der Waals surface area contributed by atoms with Gasteiger partial charge in [0.05, 0.1) is 10.5 Å². The van der Waals surface area contributed by atoms with E-state index in [4.69, 9.17) is 5.73 Å². The molecule has 0 radical (unpaired) electrons. The van der Waals surface area contributed by atoms with E-state index in [1.165, 1.54) is 0 Å². The smallest absolute Gasteiger partial charge is 0.137 e. The SMILES string of the molecule is Cc1csc(CCNc2ncnc3cc(N)ccc23)n1. The van der Waals surface area contributed by atoms with Crippen molar-refractivity contribution in [1.29, 1.82) is 0 Å². The number of hydrogen-bond acceptors (Lipinski definition) is 6. The molecular formula is C14H15N5S. The maximum absolute atomic E-state index is 5.76. The molecule has 1 aromatic carbocycles. The fourth-order valence-electron chi connectivity index (χ4n) is 2.02. The molecule has 0 aliphatic carbocycles. The summed E-state index contributed by atoms with van der Waals surface area (Å²) < 4.78 is 0. The van der Waals surface area contributed by atoms with Gasteiger partial charge < -0.3 is 11.1 Å². The van der Waals surface area contributed by atoms with E-state index in [0.29, 0.717) is 5.69 Å². The lowest BCUT2D eigenvalue weighted by molar-refractivity contribution is 0.978. The highest BCUT2D eigenvalue weighted by Crippen LogP contribution is 2.21. The number of rotatable bonds is 4.